The number of hydrogen-bond donors (Lipinski definition) is 1. The molecule has 5 aromatic rings. The lowest BCUT2D eigenvalue weighted by Crippen LogP contribution is -2.14. The van der Waals surface area contributed by atoms with Crippen molar-refractivity contribution in [3.8, 4) is 22.8 Å². The number of carbonyl (C=O) groups is 1. The van der Waals surface area contributed by atoms with Gasteiger partial charge in [-0.3, -0.25) is 0 Å². The molecule has 0 saturated carbocycles. The van der Waals surface area contributed by atoms with Gasteiger partial charge in [-0.1, -0.05) is 24.3 Å². The number of methoxy groups -OCH3 is 1. The van der Waals surface area contributed by atoms with Gasteiger partial charge >= 0.3 is 6.16 Å². The molecule has 2 N–H and O–H groups in total. The first-order valence-electron chi connectivity index (χ1n) is 10.7. The van der Waals surface area contributed by atoms with E-state index in [1.807, 2.05) is 65.2 Å². The molecule has 0 aliphatic rings. The third-order valence-electron chi connectivity index (χ3n) is 5.55. The largest absolute Gasteiger partial charge is 0.515 e. The van der Waals surface area contributed by atoms with Crippen molar-refractivity contribution in [1.82, 2.24) is 13.3 Å². The van der Waals surface area contributed by atoms with Crippen molar-refractivity contribution in [2.75, 3.05) is 19.5 Å². The number of nitrogens with two attached hydrogens (primary N) is 1. The predicted octanol–water partition coefficient (Wildman–Crippen LogP) is 5.49. The van der Waals surface area contributed by atoms with E-state index >= 15 is 0 Å². The molecule has 0 unspecified atom stereocenters. The van der Waals surface area contributed by atoms with E-state index in [1.54, 1.807) is 14.0 Å². The third kappa shape index (κ3) is 3.90. The van der Waals surface area contributed by atoms with Crippen LogP contribution in [0.2, 0.25) is 0 Å². The van der Waals surface area contributed by atoms with Crippen LogP contribution in [0.5, 0.6) is 11.6 Å². The second-order valence-corrected chi connectivity index (χ2v) is 8.14. The first-order chi connectivity index (χ1) is 16.6. The summed E-state index contributed by atoms with van der Waals surface area (Å²) < 4.78 is 27.1. The highest BCUT2D eigenvalue weighted by atomic mass is 32.1. The summed E-state index contributed by atoms with van der Waals surface area (Å²) in [6.45, 7) is 2.33. The van der Waals surface area contributed by atoms with Crippen molar-refractivity contribution in [2.45, 2.75) is 13.5 Å². The topological polar surface area (TPSA) is 101 Å². The number of ether oxygens (including phenoxy) is 3. The standard InChI is InChI=1S/C25H22N4O4S/c1-3-32-25(30)33-24-23(15-8-10-19-20(12-15)28-34-27-19)18-13-17(26)9-11-21(18)29(24)14-16-6-4-5-7-22(16)31-2/h4-13H,3,14,26H2,1-2H3. The minimum absolute atomic E-state index is 0.199. The van der Waals surface area contributed by atoms with Crippen molar-refractivity contribution in [3.63, 3.8) is 0 Å². The monoisotopic (exact) mass is 474 g/mol. The Labute approximate surface area is 199 Å². The number of aromatic nitrogens is 3. The lowest BCUT2D eigenvalue weighted by Gasteiger charge is -2.14. The quantitative estimate of drug-likeness (QED) is 0.257. The Bertz CT molecular complexity index is 1510. The fraction of sp³-hybridized carbons (Fsp3) is 0.160. The molecule has 3 aromatic carbocycles. The second kappa shape index (κ2) is 9.03. The number of nitrogens with zero attached hydrogens (tertiary/aromatic N) is 3. The van der Waals surface area contributed by atoms with Crippen molar-refractivity contribution in [3.05, 3.63) is 66.2 Å². The molecule has 0 aliphatic carbocycles. The van der Waals surface area contributed by atoms with Crippen LogP contribution < -0.4 is 15.2 Å². The van der Waals surface area contributed by atoms with Gasteiger partial charge in [0.1, 0.15) is 16.8 Å². The number of carbonyl (C=O) groups excluding carboxylic acids is 1. The van der Waals surface area contributed by atoms with Gasteiger partial charge in [0.15, 0.2) is 0 Å². The lowest BCUT2D eigenvalue weighted by atomic mass is 10.0. The maximum atomic E-state index is 12.5. The van der Waals surface area contributed by atoms with Gasteiger partial charge < -0.3 is 24.5 Å². The molecule has 2 heterocycles. The van der Waals surface area contributed by atoms with E-state index in [0.29, 0.717) is 18.1 Å². The van der Waals surface area contributed by atoms with Crippen molar-refractivity contribution >= 4 is 45.5 Å². The summed E-state index contributed by atoms with van der Waals surface area (Å²) >= 11 is 1.15. The summed E-state index contributed by atoms with van der Waals surface area (Å²) in [6.07, 6.45) is -0.780. The van der Waals surface area contributed by atoms with Gasteiger partial charge in [-0.25, -0.2) is 4.79 Å². The predicted molar refractivity (Wildman–Crippen MR) is 133 cm³/mol. The molecule has 34 heavy (non-hydrogen) atoms. The summed E-state index contributed by atoms with van der Waals surface area (Å²) in [4.78, 5) is 12.5. The van der Waals surface area contributed by atoms with E-state index in [0.717, 1.165) is 56.1 Å². The van der Waals surface area contributed by atoms with Gasteiger partial charge in [-0.2, -0.15) is 8.75 Å². The van der Waals surface area contributed by atoms with Crippen molar-refractivity contribution in [1.29, 1.82) is 0 Å². The van der Waals surface area contributed by atoms with Gasteiger partial charge in [0.2, 0.25) is 5.88 Å². The molecule has 0 fully saturated rings. The number of nitrogen functional groups attached to an aromatic ring is 1. The number of anilines is 1. The first kappa shape index (κ1) is 21.7. The molecule has 2 aromatic heterocycles. The minimum atomic E-state index is -0.780. The lowest BCUT2D eigenvalue weighted by molar-refractivity contribution is 0.101. The molecule has 0 saturated heterocycles. The van der Waals surface area contributed by atoms with Gasteiger partial charge in [0, 0.05) is 16.6 Å². The zero-order chi connectivity index (χ0) is 23.7. The number of hydrogen-bond acceptors (Lipinski definition) is 8. The molecule has 0 amide bonds. The zero-order valence-corrected chi connectivity index (χ0v) is 19.5. The van der Waals surface area contributed by atoms with Crippen LogP contribution in [0.3, 0.4) is 0 Å². The van der Waals surface area contributed by atoms with Crippen LogP contribution in [0, 0.1) is 0 Å². The Morgan fingerprint density at radius 3 is 2.71 bits per heavy atom. The average molecular weight is 475 g/mol. The maximum Gasteiger partial charge on any atom is 0.515 e. The average Bonchev–Trinajstić information content (AvgIpc) is 3.41. The van der Waals surface area contributed by atoms with E-state index in [4.69, 9.17) is 19.9 Å². The summed E-state index contributed by atoms with van der Waals surface area (Å²) in [5.74, 6) is 1.09. The van der Waals surface area contributed by atoms with Crippen LogP contribution in [0.1, 0.15) is 12.5 Å². The SMILES string of the molecule is CCOC(=O)Oc1c(-c2ccc3nsnc3c2)c2cc(N)ccc2n1Cc1ccccc1OC. The molecule has 0 radical (unpaired) electrons. The Kier molecular flexibility index (Phi) is 5.77. The van der Waals surface area contributed by atoms with E-state index in [9.17, 15) is 4.79 Å². The van der Waals surface area contributed by atoms with Crippen LogP contribution in [-0.4, -0.2) is 33.2 Å². The van der Waals surface area contributed by atoms with Gasteiger partial charge in [-0.05, 0) is 48.9 Å². The first-order valence-corrected chi connectivity index (χ1v) is 11.4. The van der Waals surface area contributed by atoms with Gasteiger partial charge in [0.25, 0.3) is 0 Å². The molecule has 8 nitrogen and oxygen atoms in total. The molecule has 9 heteroatoms. The van der Waals surface area contributed by atoms with Gasteiger partial charge in [0.05, 0.1) is 43.1 Å². The fourth-order valence-corrected chi connectivity index (χ4v) is 4.58. The van der Waals surface area contributed by atoms with E-state index in [-0.39, 0.29) is 6.61 Å². The van der Waals surface area contributed by atoms with Crippen molar-refractivity contribution in [2.24, 2.45) is 0 Å². The molecule has 0 aliphatic heterocycles. The van der Waals surface area contributed by atoms with Crippen molar-refractivity contribution < 1.29 is 19.0 Å². The van der Waals surface area contributed by atoms with Crippen LogP contribution in [0.4, 0.5) is 10.5 Å². The maximum absolute atomic E-state index is 12.5. The number of benzene rings is 3. The second-order valence-electron chi connectivity index (χ2n) is 7.61. The van der Waals surface area contributed by atoms with Crippen LogP contribution >= 0.6 is 11.7 Å². The highest BCUT2D eigenvalue weighted by Crippen LogP contribution is 2.42. The van der Waals surface area contributed by atoms with E-state index < -0.39 is 6.16 Å². The highest BCUT2D eigenvalue weighted by Gasteiger charge is 2.24. The van der Waals surface area contributed by atoms with E-state index in [1.165, 1.54) is 0 Å². The Hall–Kier alpha value is -4.11. The number of para-hydroxylation sites is 1. The Balaban J connectivity index is 1.78. The van der Waals surface area contributed by atoms with Crippen LogP contribution in [-0.2, 0) is 11.3 Å². The highest BCUT2D eigenvalue weighted by molar-refractivity contribution is 7.00. The minimum Gasteiger partial charge on any atom is -0.496 e. The molecule has 5 rings (SSSR count). The zero-order valence-electron chi connectivity index (χ0n) is 18.6. The molecular weight excluding hydrogens is 452 g/mol. The molecule has 0 bridgehead atoms. The number of fused-ring (bicyclic) bond motifs is 2. The molecule has 0 spiro atoms. The van der Waals surface area contributed by atoms with Gasteiger partial charge in [-0.15, -0.1) is 0 Å². The smallest absolute Gasteiger partial charge is 0.496 e. The van der Waals surface area contributed by atoms with E-state index in [2.05, 4.69) is 8.75 Å². The summed E-state index contributed by atoms with van der Waals surface area (Å²) in [6, 6.07) is 19.1. The van der Waals surface area contributed by atoms with Crippen LogP contribution in [0.15, 0.2) is 60.7 Å². The number of rotatable bonds is 6. The Morgan fingerprint density at radius 2 is 1.88 bits per heavy atom. The summed E-state index contributed by atoms with van der Waals surface area (Å²) in [7, 11) is 1.63. The summed E-state index contributed by atoms with van der Waals surface area (Å²) in [5.41, 5.74) is 11.7. The normalized spacial score (nSPS) is 11.1. The molecule has 0 atom stereocenters. The summed E-state index contributed by atoms with van der Waals surface area (Å²) in [5, 5.41) is 0.844. The van der Waals surface area contributed by atoms with Crippen LogP contribution in [0.25, 0.3) is 33.1 Å². The molecule has 172 valence electrons. The Morgan fingerprint density at radius 1 is 1.06 bits per heavy atom. The fourth-order valence-electron chi connectivity index (χ4n) is 4.06. The third-order valence-corrected chi connectivity index (χ3v) is 6.10. The molecular formula is C25H22N4O4S.